The summed E-state index contributed by atoms with van der Waals surface area (Å²) < 4.78 is 0. The third-order valence-electron chi connectivity index (χ3n) is 6.02. The zero-order chi connectivity index (χ0) is 22.1. The molecule has 0 N–H and O–H groups in total. The molecule has 0 unspecified atom stereocenters. The second-order valence-corrected chi connectivity index (χ2v) is 10.8. The fourth-order valence-corrected chi connectivity index (χ4v) is 6.44. The number of unbranched alkanes of at least 4 members (excludes halogenated alkanes) is 6. The van der Waals surface area contributed by atoms with Crippen molar-refractivity contribution in [3.8, 4) is 20.2 Å². The Morgan fingerprint density at radius 2 is 1.35 bits per heavy atom. The predicted octanol–water partition coefficient (Wildman–Crippen LogP) is 9.46. The van der Waals surface area contributed by atoms with E-state index < -0.39 is 0 Å². The van der Waals surface area contributed by atoms with Crippen molar-refractivity contribution in [3.63, 3.8) is 0 Å². The average Bonchev–Trinajstić information content (AvgIpc) is 3.41. The Labute approximate surface area is 198 Å². The predicted molar refractivity (Wildman–Crippen MR) is 143 cm³/mol. The van der Waals surface area contributed by atoms with E-state index in [2.05, 4.69) is 74.6 Å². The van der Waals surface area contributed by atoms with Crippen LogP contribution in [0.15, 0.2) is 41.8 Å². The van der Waals surface area contributed by atoms with Crippen molar-refractivity contribution < 1.29 is 0 Å². The van der Waals surface area contributed by atoms with Crippen LogP contribution in [0.2, 0.25) is 0 Å². The number of anilines is 1. The van der Waals surface area contributed by atoms with Gasteiger partial charge in [-0.1, -0.05) is 64.5 Å². The van der Waals surface area contributed by atoms with Gasteiger partial charge in [-0.25, -0.2) is 0 Å². The molecule has 1 nitrogen and oxygen atoms in total. The topological polar surface area (TPSA) is 3.24 Å². The van der Waals surface area contributed by atoms with Crippen LogP contribution in [0.25, 0.3) is 20.2 Å². The van der Waals surface area contributed by atoms with E-state index in [4.69, 9.17) is 0 Å². The highest BCUT2D eigenvalue weighted by Gasteiger charge is 2.16. The molecule has 168 valence electrons. The van der Waals surface area contributed by atoms with Crippen molar-refractivity contribution in [1.29, 1.82) is 0 Å². The molecule has 1 aromatic carbocycles. The molecule has 0 aliphatic heterocycles. The van der Waals surface area contributed by atoms with Crippen LogP contribution in [0.1, 0.15) is 76.3 Å². The van der Waals surface area contributed by atoms with Crippen LogP contribution in [-0.2, 0) is 12.8 Å². The molecule has 2 aromatic heterocycles. The van der Waals surface area contributed by atoms with Crippen molar-refractivity contribution in [1.82, 2.24) is 0 Å². The Balaban J connectivity index is 1.86. The molecule has 0 aliphatic carbocycles. The van der Waals surface area contributed by atoms with Crippen LogP contribution >= 0.6 is 22.7 Å². The largest absolute Gasteiger partial charge is 0.378 e. The van der Waals surface area contributed by atoms with Gasteiger partial charge in [0.25, 0.3) is 0 Å². The zero-order valence-corrected chi connectivity index (χ0v) is 21.5. The molecule has 0 amide bonds. The summed E-state index contributed by atoms with van der Waals surface area (Å²) in [5.41, 5.74) is 5.72. The van der Waals surface area contributed by atoms with E-state index in [1.54, 1.807) is 11.1 Å². The van der Waals surface area contributed by atoms with Crippen LogP contribution in [0.5, 0.6) is 0 Å². The lowest BCUT2D eigenvalue weighted by Crippen LogP contribution is -2.07. The zero-order valence-electron chi connectivity index (χ0n) is 19.9. The smallest absolute Gasteiger partial charge is 0.0474 e. The number of hydrogen-bond donors (Lipinski definition) is 0. The van der Waals surface area contributed by atoms with E-state index in [9.17, 15) is 0 Å². The standard InChI is InChI=1S/C28H39NS2/c1-5-7-9-11-13-22-19-20-30-28(22)26-21-24(14-12-10-8-6-2)27(31-26)23-15-17-25(18-16-23)29(3)4/h15-21H,5-14H2,1-4H3. The van der Waals surface area contributed by atoms with Gasteiger partial charge in [0.15, 0.2) is 0 Å². The lowest BCUT2D eigenvalue weighted by Gasteiger charge is -2.12. The molecule has 0 aliphatic rings. The van der Waals surface area contributed by atoms with Gasteiger partial charge in [0.05, 0.1) is 0 Å². The van der Waals surface area contributed by atoms with Gasteiger partial charge in [-0.05, 0) is 72.0 Å². The van der Waals surface area contributed by atoms with Crippen molar-refractivity contribution in [2.75, 3.05) is 19.0 Å². The Kier molecular flexibility index (Phi) is 9.67. The fourth-order valence-electron chi connectivity index (χ4n) is 4.11. The Bertz CT molecular complexity index is 901. The molecule has 3 heteroatoms. The molecule has 2 heterocycles. The van der Waals surface area contributed by atoms with E-state index in [0.29, 0.717) is 0 Å². The number of rotatable bonds is 13. The first-order valence-electron chi connectivity index (χ1n) is 12.1. The summed E-state index contributed by atoms with van der Waals surface area (Å²) in [6.07, 6.45) is 13.0. The summed E-state index contributed by atoms with van der Waals surface area (Å²) in [5.74, 6) is 0. The van der Waals surface area contributed by atoms with Crippen molar-refractivity contribution >= 4 is 28.4 Å². The van der Waals surface area contributed by atoms with Crippen molar-refractivity contribution in [2.45, 2.75) is 78.1 Å². The third kappa shape index (κ3) is 6.70. The van der Waals surface area contributed by atoms with Crippen molar-refractivity contribution in [2.24, 2.45) is 0 Å². The maximum Gasteiger partial charge on any atom is 0.0474 e. The average molecular weight is 454 g/mol. The molecule has 0 saturated carbocycles. The number of nitrogens with zero attached hydrogens (tertiary/aromatic N) is 1. The van der Waals surface area contributed by atoms with Crippen LogP contribution in [0.3, 0.4) is 0 Å². The SMILES string of the molecule is CCCCCCc1cc(-c2sccc2CCCCCC)sc1-c1ccc(N(C)C)cc1. The second kappa shape index (κ2) is 12.5. The number of aryl methyl sites for hydroxylation is 2. The molecule has 0 fully saturated rings. The maximum absolute atomic E-state index is 2.51. The third-order valence-corrected chi connectivity index (χ3v) is 8.39. The normalized spacial score (nSPS) is 11.2. The molecular formula is C28H39NS2. The first-order valence-corrected chi connectivity index (χ1v) is 13.8. The summed E-state index contributed by atoms with van der Waals surface area (Å²) >= 11 is 3.93. The van der Waals surface area contributed by atoms with E-state index >= 15 is 0 Å². The van der Waals surface area contributed by atoms with Gasteiger partial charge < -0.3 is 4.90 Å². The number of benzene rings is 1. The Morgan fingerprint density at radius 1 is 0.710 bits per heavy atom. The molecule has 3 rings (SSSR count). The molecular weight excluding hydrogens is 414 g/mol. The first-order chi connectivity index (χ1) is 15.1. The molecule has 0 bridgehead atoms. The van der Waals surface area contributed by atoms with E-state index in [0.717, 1.165) is 0 Å². The summed E-state index contributed by atoms with van der Waals surface area (Å²) in [7, 11) is 4.21. The highest BCUT2D eigenvalue weighted by molar-refractivity contribution is 7.23. The number of thiophene rings is 2. The summed E-state index contributed by atoms with van der Waals surface area (Å²) in [4.78, 5) is 6.62. The number of hydrogen-bond acceptors (Lipinski definition) is 3. The van der Waals surface area contributed by atoms with Gasteiger partial charge in [-0.2, -0.15) is 0 Å². The lowest BCUT2D eigenvalue weighted by molar-refractivity contribution is 0.667. The molecule has 3 aromatic rings. The van der Waals surface area contributed by atoms with Gasteiger partial charge in [-0.3, -0.25) is 0 Å². The van der Waals surface area contributed by atoms with E-state index in [1.807, 2.05) is 22.7 Å². The molecule has 0 spiro atoms. The van der Waals surface area contributed by atoms with Crippen LogP contribution in [-0.4, -0.2) is 14.1 Å². The summed E-state index contributed by atoms with van der Waals surface area (Å²) in [5, 5.41) is 2.29. The minimum absolute atomic E-state index is 1.19. The Hall–Kier alpha value is -1.58. The molecule has 0 saturated heterocycles. The highest BCUT2D eigenvalue weighted by atomic mass is 32.1. The van der Waals surface area contributed by atoms with Gasteiger partial charge in [0.2, 0.25) is 0 Å². The van der Waals surface area contributed by atoms with Gasteiger partial charge >= 0.3 is 0 Å². The quantitative estimate of drug-likeness (QED) is 0.233. The minimum Gasteiger partial charge on any atom is -0.378 e. The maximum atomic E-state index is 2.51. The van der Waals surface area contributed by atoms with Crippen LogP contribution in [0.4, 0.5) is 5.69 Å². The highest BCUT2D eigenvalue weighted by Crippen LogP contribution is 2.42. The Morgan fingerprint density at radius 3 is 1.97 bits per heavy atom. The van der Waals surface area contributed by atoms with Crippen LogP contribution in [0, 0.1) is 0 Å². The second-order valence-electron chi connectivity index (χ2n) is 8.80. The molecule has 31 heavy (non-hydrogen) atoms. The monoisotopic (exact) mass is 453 g/mol. The van der Waals surface area contributed by atoms with Crippen LogP contribution < -0.4 is 4.90 Å². The van der Waals surface area contributed by atoms with E-state index in [-0.39, 0.29) is 0 Å². The first kappa shape index (κ1) is 24.1. The minimum atomic E-state index is 1.19. The summed E-state index contributed by atoms with van der Waals surface area (Å²) in [6.45, 7) is 4.58. The molecule has 0 atom stereocenters. The van der Waals surface area contributed by atoms with Gasteiger partial charge in [-0.15, -0.1) is 22.7 Å². The fraction of sp³-hybridized carbons (Fsp3) is 0.500. The van der Waals surface area contributed by atoms with Gasteiger partial charge in [0.1, 0.15) is 0 Å². The molecule has 0 radical (unpaired) electrons. The van der Waals surface area contributed by atoms with Gasteiger partial charge in [0, 0.05) is 34.4 Å². The lowest BCUT2D eigenvalue weighted by atomic mass is 10.0. The van der Waals surface area contributed by atoms with E-state index in [1.165, 1.54) is 90.1 Å². The van der Waals surface area contributed by atoms with Crippen molar-refractivity contribution in [3.05, 3.63) is 52.9 Å². The summed E-state index contributed by atoms with van der Waals surface area (Å²) in [6, 6.07) is 14.0.